The molecule has 0 atom stereocenters. The van der Waals surface area contributed by atoms with Crippen molar-refractivity contribution in [2.75, 3.05) is 0 Å². The fourth-order valence-corrected chi connectivity index (χ4v) is 1.96. The van der Waals surface area contributed by atoms with Crippen LogP contribution < -0.4 is 10.9 Å². The first-order valence-corrected chi connectivity index (χ1v) is 6.72. The van der Waals surface area contributed by atoms with E-state index >= 15 is 0 Å². The molecule has 0 aliphatic rings. The minimum atomic E-state index is -4.96. The largest absolute Gasteiger partial charge is 0.416 e. The molecule has 1 aromatic carbocycles. The number of alkyl halides is 6. The fourth-order valence-electron chi connectivity index (χ4n) is 1.96. The summed E-state index contributed by atoms with van der Waals surface area (Å²) < 4.78 is 76.5. The third-order valence-corrected chi connectivity index (χ3v) is 3.15. The van der Waals surface area contributed by atoms with Crippen molar-refractivity contribution in [3.63, 3.8) is 0 Å². The molecule has 1 aromatic heterocycles. The van der Waals surface area contributed by atoms with Crippen molar-refractivity contribution in [2.24, 2.45) is 0 Å². The topological polar surface area (TPSA) is 62.0 Å². The van der Waals surface area contributed by atoms with Crippen LogP contribution >= 0.6 is 0 Å². The van der Waals surface area contributed by atoms with Crippen LogP contribution in [0.2, 0.25) is 0 Å². The van der Waals surface area contributed by atoms with E-state index in [0.29, 0.717) is 12.1 Å². The number of nitrogens with one attached hydrogen (secondary N) is 2. The lowest BCUT2D eigenvalue weighted by molar-refractivity contribution is -0.143. The minimum Gasteiger partial charge on any atom is -0.348 e. The summed E-state index contributed by atoms with van der Waals surface area (Å²) >= 11 is 0. The first-order chi connectivity index (χ1) is 11.5. The Balaban J connectivity index is 2.25. The molecule has 0 saturated heterocycles. The summed E-state index contributed by atoms with van der Waals surface area (Å²) in [7, 11) is 0. The van der Waals surface area contributed by atoms with Crippen molar-refractivity contribution in [1.82, 2.24) is 10.3 Å². The molecule has 0 saturated carbocycles. The van der Waals surface area contributed by atoms with Gasteiger partial charge in [0.2, 0.25) is 5.56 Å². The van der Waals surface area contributed by atoms with Crippen molar-refractivity contribution in [3.8, 4) is 0 Å². The highest BCUT2D eigenvalue weighted by atomic mass is 19.4. The standard InChI is InChI=1S/C15H10F6N2O2/c16-14(17,18)10-3-8(4-11(5-10)15(19,20)21)6-23-13(25)9-1-2-12(24)22-7-9/h1-5,7H,6H2,(H,22,24)(H,23,25). The van der Waals surface area contributed by atoms with Crippen LogP contribution in [0.25, 0.3) is 0 Å². The van der Waals surface area contributed by atoms with Gasteiger partial charge in [0, 0.05) is 18.8 Å². The van der Waals surface area contributed by atoms with E-state index in [1.807, 2.05) is 0 Å². The average Bonchev–Trinajstić information content (AvgIpc) is 2.51. The van der Waals surface area contributed by atoms with Gasteiger partial charge >= 0.3 is 12.4 Å². The Kier molecular flexibility index (Phi) is 4.91. The number of H-pyrrole nitrogens is 1. The maximum atomic E-state index is 12.7. The summed E-state index contributed by atoms with van der Waals surface area (Å²) in [5.41, 5.74) is -3.75. The highest BCUT2D eigenvalue weighted by Crippen LogP contribution is 2.36. The van der Waals surface area contributed by atoms with Gasteiger partial charge in [-0.1, -0.05) is 0 Å². The molecule has 1 amide bonds. The second-order valence-electron chi connectivity index (χ2n) is 5.04. The molecule has 134 valence electrons. The summed E-state index contributed by atoms with van der Waals surface area (Å²) in [4.78, 5) is 24.9. The Bertz CT molecular complexity index is 786. The molecule has 0 fully saturated rings. The van der Waals surface area contributed by atoms with E-state index < -0.39 is 41.5 Å². The number of aromatic nitrogens is 1. The smallest absolute Gasteiger partial charge is 0.348 e. The van der Waals surface area contributed by atoms with Crippen molar-refractivity contribution >= 4 is 5.91 Å². The Morgan fingerprint density at radius 2 is 1.52 bits per heavy atom. The fraction of sp³-hybridized carbons (Fsp3) is 0.200. The van der Waals surface area contributed by atoms with Gasteiger partial charge in [0.25, 0.3) is 5.91 Å². The Hall–Kier alpha value is -2.78. The van der Waals surface area contributed by atoms with Crippen LogP contribution in [-0.2, 0) is 18.9 Å². The van der Waals surface area contributed by atoms with Gasteiger partial charge in [-0.3, -0.25) is 9.59 Å². The third kappa shape index (κ3) is 4.85. The lowest BCUT2D eigenvalue weighted by atomic mass is 10.0. The SMILES string of the molecule is O=C(NCc1cc(C(F)(F)F)cc(C(F)(F)F)c1)c1ccc(=O)[nH]c1. The molecule has 25 heavy (non-hydrogen) atoms. The maximum Gasteiger partial charge on any atom is 0.416 e. The maximum absolute atomic E-state index is 12.7. The van der Waals surface area contributed by atoms with Crippen molar-refractivity contribution in [1.29, 1.82) is 0 Å². The number of amides is 1. The number of hydrogen-bond acceptors (Lipinski definition) is 2. The zero-order valence-electron chi connectivity index (χ0n) is 12.3. The second-order valence-corrected chi connectivity index (χ2v) is 5.04. The molecule has 0 unspecified atom stereocenters. The number of halogens is 6. The van der Waals surface area contributed by atoms with Crippen LogP contribution in [0.3, 0.4) is 0 Å². The number of hydrogen-bond donors (Lipinski definition) is 2. The molecule has 0 aliphatic carbocycles. The molecule has 4 nitrogen and oxygen atoms in total. The van der Waals surface area contributed by atoms with E-state index in [9.17, 15) is 35.9 Å². The first kappa shape index (κ1) is 18.6. The van der Waals surface area contributed by atoms with Crippen LogP contribution in [0.15, 0.2) is 41.3 Å². The van der Waals surface area contributed by atoms with E-state index in [0.717, 1.165) is 12.3 Å². The monoisotopic (exact) mass is 364 g/mol. The molecule has 0 aliphatic heterocycles. The molecule has 2 rings (SSSR count). The lowest BCUT2D eigenvalue weighted by Crippen LogP contribution is -2.24. The summed E-state index contributed by atoms with van der Waals surface area (Å²) in [5, 5.41) is 2.20. The van der Waals surface area contributed by atoms with Gasteiger partial charge < -0.3 is 10.3 Å². The molecule has 1 heterocycles. The molecule has 0 bridgehead atoms. The predicted molar refractivity (Wildman–Crippen MR) is 74.7 cm³/mol. The van der Waals surface area contributed by atoms with Crippen molar-refractivity contribution in [3.05, 3.63) is 69.1 Å². The molecular weight excluding hydrogens is 354 g/mol. The number of aromatic amines is 1. The summed E-state index contributed by atoms with van der Waals surface area (Å²) in [6.45, 7) is -0.551. The second kappa shape index (κ2) is 6.61. The summed E-state index contributed by atoms with van der Waals surface area (Å²) in [6, 6.07) is 3.29. The van der Waals surface area contributed by atoms with Crippen LogP contribution in [0.4, 0.5) is 26.3 Å². The van der Waals surface area contributed by atoms with Crippen molar-refractivity contribution < 1.29 is 31.1 Å². The van der Waals surface area contributed by atoms with E-state index in [4.69, 9.17) is 0 Å². The normalized spacial score (nSPS) is 12.1. The van der Waals surface area contributed by atoms with Crippen LogP contribution in [0, 0.1) is 0 Å². The lowest BCUT2D eigenvalue weighted by Gasteiger charge is -2.14. The number of benzene rings is 1. The van der Waals surface area contributed by atoms with Gasteiger partial charge in [-0.2, -0.15) is 26.3 Å². The predicted octanol–water partition coefficient (Wildman–Crippen LogP) is 3.34. The Morgan fingerprint density at radius 3 is 1.96 bits per heavy atom. The van der Waals surface area contributed by atoms with Crippen LogP contribution in [-0.4, -0.2) is 10.9 Å². The number of pyridine rings is 1. The first-order valence-electron chi connectivity index (χ1n) is 6.72. The van der Waals surface area contributed by atoms with Gasteiger partial charge in [-0.15, -0.1) is 0 Å². The van der Waals surface area contributed by atoms with Gasteiger partial charge in [0.15, 0.2) is 0 Å². The minimum absolute atomic E-state index is 0.00243. The van der Waals surface area contributed by atoms with E-state index in [-0.39, 0.29) is 17.2 Å². The quantitative estimate of drug-likeness (QED) is 0.821. The van der Waals surface area contributed by atoms with Gasteiger partial charge in [-0.05, 0) is 29.8 Å². The molecule has 2 aromatic rings. The van der Waals surface area contributed by atoms with Crippen molar-refractivity contribution in [2.45, 2.75) is 18.9 Å². The molecule has 0 spiro atoms. The molecular formula is C15H10F6N2O2. The zero-order chi connectivity index (χ0) is 18.8. The molecule has 10 heteroatoms. The highest BCUT2D eigenvalue weighted by molar-refractivity contribution is 5.93. The summed E-state index contributed by atoms with van der Waals surface area (Å²) in [6.07, 6.45) is -8.84. The van der Waals surface area contributed by atoms with Gasteiger partial charge in [-0.25, -0.2) is 0 Å². The zero-order valence-corrected chi connectivity index (χ0v) is 12.3. The van der Waals surface area contributed by atoms with Gasteiger partial charge in [0.05, 0.1) is 16.7 Å². The Labute approximate surface area is 136 Å². The van der Waals surface area contributed by atoms with Gasteiger partial charge in [0.1, 0.15) is 0 Å². The number of rotatable bonds is 3. The number of carbonyl (C=O) groups excluding carboxylic acids is 1. The highest BCUT2D eigenvalue weighted by Gasteiger charge is 2.36. The third-order valence-electron chi connectivity index (χ3n) is 3.15. The van der Waals surface area contributed by atoms with Crippen LogP contribution in [0.5, 0.6) is 0 Å². The van der Waals surface area contributed by atoms with E-state index in [1.54, 1.807) is 0 Å². The van der Waals surface area contributed by atoms with Crippen LogP contribution in [0.1, 0.15) is 27.0 Å². The van der Waals surface area contributed by atoms with E-state index in [2.05, 4.69) is 10.3 Å². The Morgan fingerprint density at radius 1 is 0.960 bits per heavy atom. The number of carbonyl (C=O) groups is 1. The summed E-state index contributed by atoms with van der Waals surface area (Å²) in [5.74, 6) is -0.762. The molecule has 0 radical (unpaired) electrons. The molecule has 2 N–H and O–H groups in total. The average molecular weight is 364 g/mol. The van der Waals surface area contributed by atoms with E-state index in [1.165, 1.54) is 6.07 Å².